The molecule has 0 aliphatic heterocycles. The fourth-order valence-electron chi connectivity index (χ4n) is 2.19. The van der Waals surface area contributed by atoms with E-state index in [1.54, 1.807) is 20.0 Å². The molecule has 0 atom stereocenters. The maximum absolute atomic E-state index is 11.6. The average Bonchev–Trinajstić information content (AvgIpc) is 3.09. The molecule has 0 amide bonds. The van der Waals surface area contributed by atoms with Crippen LogP contribution in [0.1, 0.15) is 33.1 Å². The molecule has 24 heavy (non-hydrogen) atoms. The molecule has 6 nitrogen and oxygen atoms in total. The molecular weight excluding hydrogens is 324 g/mol. The maximum atomic E-state index is 11.6. The van der Waals surface area contributed by atoms with Crippen LogP contribution in [-0.2, 0) is 10.0 Å². The van der Waals surface area contributed by atoms with Crippen LogP contribution in [0.25, 0.3) is 5.69 Å². The van der Waals surface area contributed by atoms with Crippen molar-refractivity contribution >= 4 is 15.7 Å². The van der Waals surface area contributed by atoms with Crippen molar-refractivity contribution in [2.45, 2.75) is 38.4 Å². The van der Waals surface area contributed by atoms with Gasteiger partial charge in [0.1, 0.15) is 0 Å². The molecule has 0 spiro atoms. The largest absolute Gasteiger partial charge is 0.385 e. The Balaban J connectivity index is 1.61. The summed E-state index contributed by atoms with van der Waals surface area (Å²) in [5.74, 6) is 0. The molecule has 0 unspecified atom stereocenters. The quantitative estimate of drug-likeness (QED) is 0.646. The number of nitrogens with one attached hydrogen (secondary N) is 2. The summed E-state index contributed by atoms with van der Waals surface area (Å²) < 4.78 is 27.6. The van der Waals surface area contributed by atoms with E-state index < -0.39 is 10.0 Å². The molecule has 2 N–H and O–H groups in total. The summed E-state index contributed by atoms with van der Waals surface area (Å²) in [6, 6.07) is 10.0. The van der Waals surface area contributed by atoms with Crippen molar-refractivity contribution in [3.63, 3.8) is 0 Å². The first-order chi connectivity index (χ1) is 11.5. The van der Waals surface area contributed by atoms with E-state index >= 15 is 0 Å². The van der Waals surface area contributed by atoms with Crippen molar-refractivity contribution in [1.29, 1.82) is 0 Å². The van der Waals surface area contributed by atoms with E-state index in [0.29, 0.717) is 6.54 Å². The van der Waals surface area contributed by atoms with E-state index in [2.05, 4.69) is 15.1 Å². The Morgan fingerprint density at radius 2 is 1.79 bits per heavy atom. The normalized spacial score (nSPS) is 11.8. The van der Waals surface area contributed by atoms with E-state index in [-0.39, 0.29) is 5.25 Å². The van der Waals surface area contributed by atoms with Gasteiger partial charge in [0.25, 0.3) is 0 Å². The highest BCUT2D eigenvalue weighted by Crippen LogP contribution is 2.12. The van der Waals surface area contributed by atoms with Gasteiger partial charge in [0.2, 0.25) is 10.0 Å². The zero-order valence-corrected chi connectivity index (χ0v) is 15.1. The van der Waals surface area contributed by atoms with Crippen LogP contribution in [0.5, 0.6) is 0 Å². The summed E-state index contributed by atoms with van der Waals surface area (Å²) in [4.78, 5) is 0. The lowest BCUT2D eigenvalue weighted by atomic mass is 10.2. The van der Waals surface area contributed by atoms with Crippen LogP contribution in [0.15, 0.2) is 42.7 Å². The fourth-order valence-corrected chi connectivity index (χ4v) is 2.96. The topological polar surface area (TPSA) is 76.0 Å². The minimum Gasteiger partial charge on any atom is -0.385 e. The van der Waals surface area contributed by atoms with Crippen LogP contribution in [0.2, 0.25) is 0 Å². The standard InChI is InChI=1S/C17H26N4O2S/c1-15(2)24(22,23)20-13-5-3-4-11-18-16-7-9-17(10-8-16)21-14-6-12-19-21/h6-10,12,14-15,18,20H,3-5,11,13H2,1-2H3. The van der Waals surface area contributed by atoms with Crippen molar-refractivity contribution in [3.05, 3.63) is 42.7 Å². The third-order valence-corrected chi connectivity index (χ3v) is 5.59. The number of hydrogen-bond acceptors (Lipinski definition) is 4. The Morgan fingerprint density at radius 3 is 2.42 bits per heavy atom. The Labute approximate surface area is 144 Å². The third-order valence-electron chi connectivity index (χ3n) is 3.74. The van der Waals surface area contributed by atoms with Gasteiger partial charge in [-0.25, -0.2) is 17.8 Å². The molecule has 0 aliphatic rings. The monoisotopic (exact) mass is 350 g/mol. The highest BCUT2D eigenvalue weighted by Gasteiger charge is 2.13. The highest BCUT2D eigenvalue weighted by molar-refractivity contribution is 7.90. The zero-order valence-electron chi connectivity index (χ0n) is 14.3. The Hall–Kier alpha value is -1.86. The number of nitrogens with zero attached hydrogens (tertiary/aromatic N) is 2. The Bertz CT molecular complexity index is 695. The summed E-state index contributed by atoms with van der Waals surface area (Å²) in [5, 5.41) is 7.20. The van der Waals surface area contributed by atoms with Gasteiger partial charge in [-0.1, -0.05) is 6.42 Å². The van der Waals surface area contributed by atoms with Crippen molar-refractivity contribution in [3.8, 4) is 5.69 Å². The molecule has 0 radical (unpaired) electrons. The average molecular weight is 350 g/mol. The number of hydrogen-bond donors (Lipinski definition) is 2. The zero-order chi connectivity index (χ0) is 17.4. The first-order valence-electron chi connectivity index (χ1n) is 8.31. The van der Waals surface area contributed by atoms with Gasteiger partial charge < -0.3 is 5.32 Å². The summed E-state index contributed by atoms with van der Waals surface area (Å²) >= 11 is 0. The van der Waals surface area contributed by atoms with Gasteiger partial charge in [-0.3, -0.25) is 0 Å². The molecule has 132 valence electrons. The first-order valence-corrected chi connectivity index (χ1v) is 9.86. The second-order valence-corrected chi connectivity index (χ2v) is 8.29. The minimum absolute atomic E-state index is 0.371. The van der Waals surface area contributed by atoms with Gasteiger partial charge in [-0.2, -0.15) is 5.10 Å². The molecule has 1 aromatic carbocycles. The molecular formula is C17H26N4O2S. The number of aromatic nitrogens is 2. The van der Waals surface area contributed by atoms with Crippen LogP contribution in [-0.4, -0.2) is 36.5 Å². The smallest absolute Gasteiger partial charge is 0.213 e. The predicted molar refractivity (Wildman–Crippen MR) is 98.0 cm³/mol. The summed E-state index contributed by atoms with van der Waals surface area (Å²) in [6.07, 6.45) is 6.51. The van der Waals surface area contributed by atoms with Crippen LogP contribution in [0.3, 0.4) is 0 Å². The summed E-state index contributed by atoms with van der Waals surface area (Å²) in [6.45, 7) is 4.75. The van der Waals surface area contributed by atoms with Crippen molar-refractivity contribution in [2.24, 2.45) is 0 Å². The second-order valence-electron chi connectivity index (χ2n) is 5.97. The SMILES string of the molecule is CC(C)S(=O)(=O)NCCCCCNc1ccc(-n2cccn2)cc1. The van der Waals surface area contributed by atoms with E-state index in [9.17, 15) is 8.42 Å². The fraction of sp³-hybridized carbons (Fsp3) is 0.471. The Kier molecular flexibility index (Phi) is 6.81. The lowest BCUT2D eigenvalue weighted by molar-refractivity contribution is 0.566. The van der Waals surface area contributed by atoms with Gasteiger partial charge in [-0.05, 0) is 57.0 Å². The van der Waals surface area contributed by atoms with Gasteiger partial charge in [0, 0.05) is 31.2 Å². The number of rotatable bonds is 10. The van der Waals surface area contributed by atoms with E-state index in [0.717, 1.165) is 37.2 Å². The van der Waals surface area contributed by atoms with Crippen molar-refractivity contribution in [2.75, 3.05) is 18.4 Å². The van der Waals surface area contributed by atoms with Crippen LogP contribution in [0.4, 0.5) is 5.69 Å². The van der Waals surface area contributed by atoms with Gasteiger partial charge >= 0.3 is 0 Å². The lowest BCUT2D eigenvalue weighted by Crippen LogP contribution is -2.31. The van der Waals surface area contributed by atoms with Crippen molar-refractivity contribution < 1.29 is 8.42 Å². The van der Waals surface area contributed by atoms with Crippen molar-refractivity contribution in [1.82, 2.24) is 14.5 Å². The molecule has 0 saturated carbocycles. The second kappa shape index (κ2) is 8.84. The molecule has 0 saturated heterocycles. The number of anilines is 1. The van der Waals surface area contributed by atoms with Crippen LogP contribution in [0, 0.1) is 0 Å². The first kappa shape index (κ1) is 18.5. The van der Waals surface area contributed by atoms with Gasteiger partial charge in [0.15, 0.2) is 0 Å². The highest BCUT2D eigenvalue weighted by atomic mass is 32.2. The van der Waals surface area contributed by atoms with E-state index in [4.69, 9.17) is 0 Å². The molecule has 1 heterocycles. The molecule has 2 rings (SSSR count). The number of unbranched alkanes of at least 4 members (excludes halogenated alkanes) is 2. The molecule has 0 bridgehead atoms. The molecule has 0 fully saturated rings. The summed E-state index contributed by atoms with van der Waals surface area (Å²) in [5.41, 5.74) is 2.11. The van der Waals surface area contributed by atoms with Gasteiger partial charge in [0.05, 0.1) is 10.9 Å². The maximum Gasteiger partial charge on any atom is 0.213 e. The number of benzene rings is 1. The lowest BCUT2D eigenvalue weighted by Gasteiger charge is -2.10. The minimum atomic E-state index is -3.13. The molecule has 7 heteroatoms. The molecule has 0 aliphatic carbocycles. The van der Waals surface area contributed by atoms with Crippen LogP contribution < -0.4 is 10.0 Å². The van der Waals surface area contributed by atoms with Crippen LogP contribution >= 0.6 is 0 Å². The molecule has 1 aromatic heterocycles. The van der Waals surface area contributed by atoms with Gasteiger partial charge in [-0.15, -0.1) is 0 Å². The third kappa shape index (κ3) is 5.65. The summed E-state index contributed by atoms with van der Waals surface area (Å²) in [7, 11) is -3.13. The predicted octanol–water partition coefficient (Wildman–Crippen LogP) is 2.78. The van der Waals surface area contributed by atoms with E-state index in [1.807, 2.05) is 41.2 Å². The molecule has 2 aromatic rings. The van der Waals surface area contributed by atoms with E-state index in [1.165, 1.54) is 0 Å². The Morgan fingerprint density at radius 1 is 1.08 bits per heavy atom. The number of sulfonamides is 1.